The summed E-state index contributed by atoms with van der Waals surface area (Å²) in [5.41, 5.74) is 1.11. The number of ether oxygens (including phenoxy) is 1. The van der Waals surface area contributed by atoms with E-state index in [1.807, 2.05) is 0 Å². The fraction of sp³-hybridized carbons (Fsp3) is 0.500. The first-order valence-electron chi connectivity index (χ1n) is 7.53. The van der Waals surface area contributed by atoms with Gasteiger partial charge in [0.15, 0.2) is 0 Å². The van der Waals surface area contributed by atoms with Crippen LogP contribution in [0.25, 0.3) is 0 Å². The van der Waals surface area contributed by atoms with Crippen molar-refractivity contribution >= 4 is 17.5 Å². The van der Waals surface area contributed by atoms with E-state index in [2.05, 4.69) is 16.0 Å². The van der Waals surface area contributed by atoms with Gasteiger partial charge in [-0.05, 0) is 31.5 Å². The molecule has 1 aromatic rings. The summed E-state index contributed by atoms with van der Waals surface area (Å²) in [6, 6.07) is 6.66. The van der Waals surface area contributed by atoms with Crippen LogP contribution < -0.4 is 16.0 Å². The third-order valence-electron chi connectivity index (χ3n) is 2.98. The highest BCUT2D eigenvalue weighted by molar-refractivity contribution is 6.39. The van der Waals surface area contributed by atoms with E-state index in [-0.39, 0.29) is 6.04 Å². The minimum absolute atomic E-state index is 0.111. The quantitative estimate of drug-likeness (QED) is 0.410. The summed E-state index contributed by atoms with van der Waals surface area (Å²) in [4.78, 5) is 23.3. The maximum Gasteiger partial charge on any atom is 0.313 e. The van der Waals surface area contributed by atoms with E-state index < -0.39 is 17.9 Å². The number of benzene rings is 1. The van der Waals surface area contributed by atoms with Crippen molar-refractivity contribution in [1.82, 2.24) is 10.6 Å². The molecule has 1 atom stereocenters. The van der Waals surface area contributed by atoms with Gasteiger partial charge in [-0.15, -0.1) is 0 Å². The van der Waals surface area contributed by atoms with Crippen LogP contribution in [0, 0.1) is 0 Å². The number of hydrogen-bond acceptors (Lipinski definition) is 5. The molecule has 0 aliphatic heterocycles. The van der Waals surface area contributed by atoms with Crippen molar-refractivity contribution in [3.8, 4) is 0 Å². The van der Waals surface area contributed by atoms with Crippen LogP contribution in [-0.2, 0) is 14.3 Å². The van der Waals surface area contributed by atoms with Crippen LogP contribution >= 0.6 is 0 Å². The lowest BCUT2D eigenvalue weighted by Gasteiger charge is -2.14. The second-order valence-electron chi connectivity index (χ2n) is 5.42. The Labute approximate surface area is 136 Å². The normalized spacial score (nSPS) is 12.0. The zero-order chi connectivity index (χ0) is 17.2. The Bertz CT molecular complexity index is 520. The van der Waals surface area contributed by atoms with E-state index >= 15 is 0 Å². The molecule has 0 aliphatic carbocycles. The molecule has 0 saturated carbocycles. The molecule has 0 fully saturated rings. The molecule has 128 valence electrons. The summed E-state index contributed by atoms with van der Waals surface area (Å²) < 4.78 is 4.91. The Hall–Kier alpha value is -1.96. The molecule has 0 radical (unpaired) electrons. The average molecular weight is 323 g/mol. The van der Waals surface area contributed by atoms with Crippen LogP contribution in [0.1, 0.15) is 25.5 Å². The predicted octanol–water partition coefficient (Wildman–Crippen LogP) is 0.419. The van der Waals surface area contributed by atoms with Gasteiger partial charge >= 0.3 is 11.8 Å². The summed E-state index contributed by atoms with van der Waals surface area (Å²) in [5, 5.41) is 18.2. The van der Waals surface area contributed by atoms with Crippen LogP contribution in [0.4, 0.5) is 5.69 Å². The molecule has 0 unspecified atom stereocenters. The molecule has 0 bridgehead atoms. The van der Waals surface area contributed by atoms with Crippen LogP contribution in [0.2, 0.25) is 0 Å². The van der Waals surface area contributed by atoms with E-state index in [9.17, 15) is 14.7 Å². The molecule has 0 aliphatic rings. The van der Waals surface area contributed by atoms with Crippen molar-refractivity contribution in [2.75, 3.05) is 32.1 Å². The molecule has 0 heterocycles. The molecule has 7 nitrogen and oxygen atoms in total. The van der Waals surface area contributed by atoms with Crippen LogP contribution in [0.15, 0.2) is 24.3 Å². The molecule has 0 saturated heterocycles. The largest absolute Gasteiger partial charge is 0.387 e. The number of aliphatic hydroxyl groups is 1. The third-order valence-corrected chi connectivity index (χ3v) is 2.98. The minimum atomic E-state index is -0.733. The molecule has 1 rings (SSSR count). The first kappa shape index (κ1) is 19.1. The van der Waals surface area contributed by atoms with Gasteiger partial charge in [0.05, 0.1) is 12.7 Å². The number of aliphatic hydroxyl groups excluding tert-OH is 1. The summed E-state index contributed by atoms with van der Waals surface area (Å²) in [5.74, 6) is -1.42. The first-order chi connectivity index (χ1) is 10.9. The minimum Gasteiger partial charge on any atom is -0.387 e. The first-order valence-corrected chi connectivity index (χ1v) is 7.53. The Balaban J connectivity index is 2.58. The van der Waals surface area contributed by atoms with Gasteiger partial charge in [0.25, 0.3) is 0 Å². The number of carbonyl (C=O) groups is 2. The molecular formula is C16H25N3O4. The monoisotopic (exact) mass is 323 g/mol. The second kappa shape index (κ2) is 9.94. The highest BCUT2D eigenvalue weighted by Gasteiger charge is 2.15. The van der Waals surface area contributed by atoms with Crippen molar-refractivity contribution in [3.05, 3.63) is 29.8 Å². The molecule has 7 heteroatoms. The molecular weight excluding hydrogens is 298 g/mol. The van der Waals surface area contributed by atoms with Gasteiger partial charge in [0.1, 0.15) is 0 Å². The molecule has 23 heavy (non-hydrogen) atoms. The Morgan fingerprint density at radius 2 is 2.00 bits per heavy atom. The average Bonchev–Trinajstić information content (AvgIpc) is 2.51. The van der Waals surface area contributed by atoms with Gasteiger partial charge in [-0.1, -0.05) is 12.1 Å². The van der Waals surface area contributed by atoms with Gasteiger partial charge in [-0.2, -0.15) is 0 Å². The van der Waals surface area contributed by atoms with Crippen molar-refractivity contribution in [1.29, 1.82) is 0 Å². The topological polar surface area (TPSA) is 99.7 Å². The number of carbonyl (C=O) groups excluding carboxylic acids is 2. The maximum atomic E-state index is 11.8. The number of amides is 2. The van der Waals surface area contributed by atoms with E-state index in [1.54, 1.807) is 45.2 Å². The number of hydrogen-bond donors (Lipinski definition) is 4. The molecule has 0 aromatic heterocycles. The van der Waals surface area contributed by atoms with Gasteiger partial charge in [-0.25, -0.2) is 0 Å². The fourth-order valence-electron chi connectivity index (χ4n) is 1.87. The second-order valence-corrected chi connectivity index (χ2v) is 5.42. The van der Waals surface area contributed by atoms with Crippen molar-refractivity contribution in [2.45, 2.75) is 26.0 Å². The zero-order valence-electron chi connectivity index (χ0n) is 13.8. The molecule has 0 spiro atoms. The standard InChI is InChI=1S/C16H25N3O4/c1-11(2)18-15(21)16(22)19-13-6-4-5-12(9-13)14(20)10-17-7-8-23-3/h4-6,9,11,14,17,20H,7-8,10H2,1-3H3,(H,18,21)(H,19,22)/t14-/m1/s1. The van der Waals surface area contributed by atoms with Crippen molar-refractivity contribution in [3.63, 3.8) is 0 Å². The van der Waals surface area contributed by atoms with Crippen molar-refractivity contribution in [2.24, 2.45) is 0 Å². The van der Waals surface area contributed by atoms with E-state index in [4.69, 9.17) is 4.74 Å². The Morgan fingerprint density at radius 3 is 2.65 bits per heavy atom. The highest BCUT2D eigenvalue weighted by Crippen LogP contribution is 2.17. The van der Waals surface area contributed by atoms with Crippen LogP contribution in [-0.4, -0.2) is 49.8 Å². The van der Waals surface area contributed by atoms with E-state index in [0.717, 1.165) is 0 Å². The van der Waals surface area contributed by atoms with Crippen LogP contribution in [0.5, 0.6) is 0 Å². The zero-order valence-corrected chi connectivity index (χ0v) is 13.8. The summed E-state index contributed by atoms with van der Waals surface area (Å²) in [7, 11) is 1.61. The number of methoxy groups -OCH3 is 1. The van der Waals surface area contributed by atoms with Gasteiger partial charge in [0, 0.05) is 31.9 Å². The van der Waals surface area contributed by atoms with Crippen LogP contribution in [0.3, 0.4) is 0 Å². The highest BCUT2D eigenvalue weighted by atomic mass is 16.5. The number of rotatable bonds is 8. The fourth-order valence-corrected chi connectivity index (χ4v) is 1.87. The predicted molar refractivity (Wildman–Crippen MR) is 88.1 cm³/mol. The molecule has 4 N–H and O–H groups in total. The van der Waals surface area contributed by atoms with Gasteiger partial charge in [-0.3, -0.25) is 9.59 Å². The Kier molecular flexibility index (Phi) is 8.25. The Morgan fingerprint density at radius 1 is 1.26 bits per heavy atom. The maximum absolute atomic E-state index is 11.8. The lowest BCUT2D eigenvalue weighted by atomic mass is 10.1. The van der Waals surface area contributed by atoms with E-state index in [1.165, 1.54) is 0 Å². The summed E-state index contributed by atoms with van der Waals surface area (Å²) >= 11 is 0. The number of nitrogens with one attached hydrogen (secondary N) is 3. The molecule has 2 amide bonds. The smallest absolute Gasteiger partial charge is 0.313 e. The summed E-state index contributed by atoms with van der Waals surface area (Å²) in [6.07, 6.45) is -0.715. The lowest BCUT2D eigenvalue weighted by Crippen LogP contribution is -2.39. The van der Waals surface area contributed by atoms with Crippen molar-refractivity contribution < 1.29 is 19.4 Å². The van der Waals surface area contributed by atoms with E-state index in [0.29, 0.717) is 30.9 Å². The lowest BCUT2D eigenvalue weighted by molar-refractivity contribution is -0.136. The third kappa shape index (κ3) is 7.23. The molecule has 1 aromatic carbocycles. The van der Waals surface area contributed by atoms with Gasteiger partial charge in [0.2, 0.25) is 0 Å². The van der Waals surface area contributed by atoms with Gasteiger partial charge < -0.3 is 25.8 Å². The number of anilines is 1. The summed E-state index contributed by atoms with van der Waals surface area (Å²) in [6.45, 7) is 5.12. The SMILES string of the molecule is COCCNC[C@@H](O)c1cccc(NC(=O)C(=O)NC(C)C)c1.